The van der Waals surface area contributed by atoms with E-state index in [1.165, 1.54) is 0 Å². The number of hydrogen-bond acceptors (Lipinski definition) is 2. The van der Waals surface area contributed by atoms with Gasteiger partial charge in [0.15, 0.2) is 0 Å². The molecule has 0 aromatic carbocycles. The molecule has 0 aromatic rings. The number of allylic oxidation sites excluding steroid dienone is 2. The lowest BCUT2D eigenvalue weighted by Crippen LogP contribution is -2.17. The average Bonchev–Trinajstić information content (AvgIpc) is 2.04. The van der Waals surface area contributed by atoms with Crippen molar-refractivity contribution in [3.8, 4) is 0 Å². The number of aliphatic hydroxyl groups is 1. The quantitative estimate of drug-likeness (QED) is 0.555. The molecule has 2 nitrogen and oxygen atoms in total. The normalized spacial score (nSPS) is 33.3. The van der Waals surface area contributed by atoms with Crippen LogP contribution in [0.1, 0.15) is 0 Å². The van der Waals surface area contributed by atoms with Crippen LogP contribution in [0.15, 0.2) is 41.1 Å². The second-order valence-corrected chi connectivity index (χ2v) is 2.70. The van der Waals surface area contributed by atoms with Gasteiger partial charge in [-0.25, -0.2) is 0 Å². The Balaban J connectivity index is 2.29. The number of fused-ring (bicyclic) bond motifs is 1. The molecule has 2 heteroatoms. The lowest BCUT2D eigenvalue weighted by Gasteiger charge is -2.20. The Kier molecular flexibility index (Phi) is 1.39. The third-order valence-corrected chi connectivity index (χ3v) is 1.90. The van der Waals surface area contributed by atoms with Crippen molar-refractivity contribution in [3.63, 3.8) is 0 Å². The smallest absolute Gasteiger partial charge is 0.112 e. The van der Waals surface area contributed by atoms with E-state index >= 15 is 0 Å². The van der Waals surface area contributed by atoms with E-state index in [-0.39, 0.29) is 12.0 Å². The third-order valence-electron chi connectivity index (χ3n) is 1.90. The fourth-order valence-corrected chi connectivity index (χ4v) is 1.32. The first kappa shape index (κ1) is 6.40. The van der Waals surface area contributed by atoms with Crippen LogP contribution in [-0.2, 0) is 0 Å². The molecule has 11 heavy (non-hydrogen) atoms. The molecule has 0 fully saturated rings. The summed E-state index contributed by atoms with van der Waals surface area (Å²) in [6.07, 6.45) is 11.2. The van der Waals surface area contributed by atoms with Gasteiger partial charge in [-0.3, -0.25) is 4.99 Å². The Bertz CT molecular complexity index is 273. The van der Waals surface area contributed by atoms with Gasteiger partial charge in [-0.2, -0.15) is 0 Å². The third kappa shape index (κ3) is 1.11. The minimum Gasteiger partial charge on any atom is -0.508 e. The van der Waals surface area contributed by atoms with E-state index in [1.807, 2.05) is 24.3 Å². The number of aliphatic hydroxyl groups excluding tert-OH is 1. The summed E-state index contributed by atoms with van der Waals surface area (Å²) in [6.45, 7) is 0. The Morgan fingerprint density at radius 3 is 3.18 bits per heavy atom. The van der Waals surface area contributed by atoms with E-state index in [2.05, 4.69) is 4.99 Å². The van der Waals surface area contributed by atoms with Crippen molar-refractivity contribution >= 4 is 6.21 Å². The number of dihydropyridines is 1. The maximum atomic E-state index is 9.14. The zero-order valence-corrected chi connectivity index (χ0v) is 6.01. The van der Waals surface area contributed by atoms with Crippen molar-refractivity contribution in [2.75, 3.05) is 0 Å². The van der Waals surface area contributed by atoms with E-state index in [1.54, 1.807) is 12.3 Å². The first-order valence-electron chi connectivity index (χ1n) is 3.65. The fraction of sp³-hybridized carbons (Fsp3) is 0.222. The summed E-state index contributed by atoms with van der Waals surface area (Å²) in [5.41, 5.74) is 0. The summed E-state index contributed by atoms with van der Waals surface area (Å²) in [5.74, 6) is 0.595. The number of hydrogen-bond donors (Lipinski definition) is 1. The minimum absolute atomic E-state index is 0.205. The molecule has 1 N–H and O–H groups in total. The molecule has 2 atom stereocenters. The van der Waals surface area contributed by atoms with Crippen molar-refractivity contribution in [3.05, 3.63) is 36.1 Å². The molecule has 2 aliphatic rings. The molecule has 1 aliphatic carbocycles. The Morgan fingerprint density at radius 2 is 2.27 bits per heavy atom. The van der Waals surface area contributed by atoms with Gasteiger partial charge in [-0.05, 0) is 18.2 Å². The highest BCUT2D eigenvalue weighted by Crippen LogP contribution is 2.21. The van der Waals surface area contributed by atoms with Gasteiger partial charge in [0.2, 0.25) is 0 Å². The van der Waals surface area contributed by atoms with Crippen molar-refractivity contribution in [2.24, 2.45) is 10.9 Å². The zero-order chi connectivity index (χ0) is 7.68. The monoisotopic (exact) mass is 147 g/mol. The van der Waals surface area contributed by atoms with Gasteiger partial charge in [0.25, 0.3) is 0 Å². The average molecular weight is 147 g/mol. The molecule has 1 heterocycles. The molecule has 56 valence electrons. The Morgan fingerprint density at radius 1 is 1.36 bits per heavy atom. The van der Waals surface area contributed by atoms with Crippen molar-refractivity contribution in [1.82, 2.24) is 0 Å². The minimum atomic E-state index is 0.205. The second kappa shape index (κ2) is 2.38. The SMILES string of the molecule is OC1=CC2C=CC=NC2C=C1. The van der Waals surface area contributed by atoms with E-state index in [0.29, 0.717) is 5.76 Å². The van der Waals surface area contributed by atoms with Gasteiger partial charge in [0, 0.05) is 12.1 Å². The van der Waals surface area contributed by atoms with Gasteiger partial charge >= 0.3 is 0 Å². The zero-order valence-electron chi connectivity index (χ0n) is 6.01. The summed E-state index contributed by atoms with van der Waals surface area (Å²) < 4.78 is 0. The largest absolute Gasteiger partial charge is 0.508 e. The van der Waals surface area contributed by atoms with Gasteiger partial charge in [-0.1, -0.05) is 12.2 Å². The van der Waals surface area contributed by atoms with E-state index in [4.69, 9.17) is 5.11 Å². The van der Waals surface area contributed by atoms with Crippen LogP contribution in [0.4, 0.5) is 0 Å². The molecular weight excluding hydrogens is 138 g/mol. The highest BCUT2D eigenvalue weighted by atomic mass is 16.3. The predicted octanol–water partition coefficient (Wildman–Crippen LogP) is 1.62. The molecular formula is C9H9NO. The van der Waals surface area contributed by atoms with E-state index in [0.717, 1.165) is 0 Å². The lowest BCUT2D eigenvalue weighted by molar-refractivity contribution is 0.419. The molecule has 0 saturated heterocycles. The first-order chi connectivity index (χ1) is 5.36. The highest BCUT2D eigenvalue weighted by Gasteiger charge is 2.18. The number of aliphatic imine (C=N–C) groups is 1. The van der Waals surface area contributed by atoms with Crippen LogP contribution in [0.2, 0.25) is 0 Å². The summed E-state index contributed by atoms with van der Waals surface area (Å²) in [4.78, 5) is 4.23. The molecule has 0 amide bonds. The van der Waals surface area contributed by atoms with Crippen LogP contribution >= 0.6 is 0 Å². The summed E-state index contributed by atoms with van der Waals surface area (Å²) in [5, 5.41) is 9.14. The molecule has 0 saturated carbocycles. The van der Waals surface area contributed by atoms with Crippen LogP contribution in [0.25, 0.3) is 0 Å². The maximum Gasteiger partial charge on any atom is 0.112 e. The Labute approximate surface area is 65.3 Å². The van der Waals surface area contributed by atoms with Gasteiger partial charge in [0.1, 0.15) is 5.76 Å². The van der Waals surface area contributed by atoms with Gasteiger partial charge in [0.05, 0.1) is 6.04 Å². The summed E-state index contributed by atoms with van der Waals surface area (Å²) >= 11 is 0. The molecule has 0 radical (unpaired) electrons. The highest BCUT2D eigenvalue weighted by molar-refractivity contribution is 5.73. The molecule has 2 unspecified atom stereocenters. The van der Waals surface area contributed by atoms with Crippen LogP contribution in [0.5, 0.6) is 0 Å². The summed E-state index contributed by atoms with van der Waals surface area (Å²) in [6, 6.07) is 0.205. The lowest BCUT2D eigenvalue weighted by atomic mass is 9.93. The van der Waals surface area contributed by atoms with Crippen molar-refractivity contribution in [1.29, 1.82) is 0 Å². The van der Waals surface area contributed by atoms with Crippen LogP contribution in [0, 0.1) is 5.92 Å². The van der Waals surface area contributed by atoms with E-state index < -0.39 is 0 Å². The molecule has 0 spiro atoms. The topological polar surface area (TPSA) is 32.6 Å². The predicted molar refractivity (Wildman–Crippen MR) is 44.8 cm³/mol. The van der Waals surface area contributed by atoms with Crippen LogP contribution in [-0.4, -0.2) is 17.4 Å². The van der Waals surface area contributed by atoms with Crippen molar-refractivity contribution < 1.29 is 5.11 Å². The van der Waals surface area contributed by atoms with Gasteiger partial charge < -0.3 is 5.11 Å². The van der Waals surface area contributed by atoms with Gasteiger partial charge in [-0.15, -0.1) is 0 Å². The number of rotatable bonds is 0. The van der Waals surface area contributed by atoms with E-state index in [9.17, 15) is 0 Å². The first-order valence-corrected chi connectivity index (χ1v) is 3.65. The van der Waals surface area contributed by atoms with Crippen LogP contribution in [0.3, 0.4) is 0 Å². The Hall–Kier alpha value is -1.31. The standard InChI is InChI=1S/C9H9NO/c11-8-3-4-9-7(6-8)2-1-5-10-9/h1-7,9,11H. The second-order valence-electron chi connectivity index (χ2n) is 2.70. The summed E-state index contributed by atoms with van der Waals surface area (Å²) in [7, 11) is 0. The van der Waals surface area contributed by atoms with Crippen molar-refractivity contribution in [2.45, 2.75) is 6.04 Å². The fourth-order valence-electron chi connectivity index (χ4n) is 1.32. The molecule has 0 bridgehead atoms. The maximum absolute atomic E-state index is 9.14. The molecule has 1 aliphatic heterocycles. The van der Waals surface area contributed by atoms with Crippen LogP contribution < -0.4 is 0 Å². The number of nitrogens with zero attached hydrogens (tertiary/aromatic N) is 1. The molecule has 0 aromatic heterocycles. The molecule has 2 rings (SSSR count).